The van der Waals surface area contributed by atoms with E-state index in [1.165, 1.54) is 7.11 Å². The lowest BCUT2D eigenvalue weighted by molar-refractivity contribution is 0.0962. The topological polar surface area (TPSA) is 47.6 Å². The third-order valence-electron chi connectivity index (χ3n) is 2.28. The van der Waals surface area contributed by atoms with Crippen molar-refractivity contribution >= 4 is 17.5 Å². The Bertz CT molecular complexity index is 432. The molecule has 0 saturated heterocycles. The van der Waals surface area contributed by atoms with E-state index in [2.05, 4.69) is 5.32 Å². The zero-order chi connectivity index (χ0) is 13.7. The van der Waals surface area contributed by atoms with Crippen molar-refractivity contribution in [3.8, 4) is 11.5 Å². The number of rotatable bonds is 5. The van der Waals surface area contributed by atoms with Gasteiger partial charge in [0.25, 0.3) is 5.91 Å². The SMILES string of the molecule is CNC(=O)c1cc(Cl)c(OCC(C)C)c(OC)c1. The normalized spacial score (nSPS) is 10.3. The molecule has 0 aliphatic rings. The van der Waals surface area contributed by atoms with Crippen LogP contribution in [0.1, 0.15) is 24.2 Å². The second-order valence-corrected chi connectivity index (χ2v) is 4.68. The molecule has 1 amide bonds. The lowest BCUT2D eigenvalue weighted by Crippen LogP contribution is -2.18. The zero-order valence-electron chi connectivity index (χ0n) is 11.0. The van der Waals surface area contributed by atoms with Gasteiger partial charge in [-0.1, -0.05) is 25.4 Å². The standard InChI is InChI=1S/C13H18ClNO3/c1-8(2)7-18-12-10(14)5-9(13(16)15-3)6-11(12)17-4/h5-6,8H,7H2,1-4H3,(H,15,16). The monoisotopic (exact) mass is 271 g/mol. The number of methoxy groups -OCH3 is 1. The van der Waals surface area contributed by atoms with E-state index in [-0.39, 0.29) is 5.91 Å². The van der Waals surface area contributed by atoms with Crippen molar-refractivity contribution < 1.29 is 14.3 Å². The van der Waals surface area contributed by atoms with Gasteiger partial charge in [0.15, 0.2) is 11.5 Å². The minimum absolute atomic E-state index is 0.217. The summed E-state index contributed by atoms with van der Waals surface area (Å²) in [5.74, 6) is 1.09. The van der Waals surface area contributed by atoms with E-state index in [0.29, 0.717) is 34.6 Å². The first-order valence-corrected chi connectivity index (χ1v) is 6.09. The van der Waals surface area contributed by atoms with Crippen molar-refractivity contribution in [1.29, 1.82) is 0 Å². The molecule has 0 aliphatic carbocycles. The fourth-order valence-electron chi connectivity index (χ4n) is 1.39. The summed E-state index contributed by atoms with van der Waals surface area (Å²) in [7, 11) is 3.08. The van der Waals surface area contributed by atoms with Crippen LogP contribution in [-0.2, 0) is 0 Å². The van der Waals surface area contributed by atoms with Crippen LogP contribution in [0.4, 0.5) is 0 Å². The summed E-state index contributed by atoms with van der Waals surface area (Å²) in [6.45, 7) is 4.62. The molecule has 100 valence electrons. The highest BCUT2D eigenvalue weighted by molar-refractivity contribution is 6.32. The van der Waals surface area contributed by atoms with Crippen LogP contribution in [0.15, 0.2) is 12.1 Å². The molecule has 4 nitrogen and oxygen atoms in total. The minimum Gasteiger partial charge on any atom is -0.493 e. The van der Waals surface area contributed by atoms with Crippen molar-refractivity contribution in [2.24, 2.45) is 5.92 Å². The first-order valence-electron chi connectivity index (χ1n) is 5.72. The van der Waals surface area contributed by atoms with Gasteiger partial charge in [-0.25, -0.2) is 0 Å². The number of benzene rings is 1. The van der Waals surface area contributed by atoms with Crippen LogP contribution in [0, 0.1) is 5.92 Å². The molecule has 1 aromatic rings. The van der Waals surface area contributed by atoms with Gasteiger partial charge in [0, 0.05) is 12.6 Å². The molecule has 0 spiro atoms. The van der Waals surface area contributed by atoms with Gasteiger partial charge < -0.3 is 14.8 Å². The Morgan fingerprint density at radius 2 is 2.11 bits per heavy atom. The molecule has 1 aromatic carbocycles. The van der Waals surface area contributed by atoms with Gasteiger partial charge in [0.1, 0.15) is 0 Å². The maximum Gasteiger partial charge on any atom is 0.251 e. The highest BCUT2D eigenvalue weighted by atomic mass is 35.5. The minimum atomic E-state index is -0.217. The Labute approximate surface area is 112 Å². The van der Waals surface area contributed by atoms with Crippen LogP contribution >= 0.6 is 11.6 Å². The lowest BCUT2D eigenvalue weighted by Gasteiger charge is -2.15. The Morgan fingerprint density at radius 3 is 2.61 bits per heavy atom. The van der Waals surface area contributed by atoms with Crippen LogP contribution in [-0.4, -0.2) is 26.7 Å². The van der Waals surface area contributed by atoms with E-state index >= 15 is 0 Å². The van der Waals surface area contributed by atoms with Crippen molar-refractivity contribution in [2.45, 2.75) is 13.8 Å². The summed E-state index contributed by atoms with van der Waals surface area (Å²) in [5, 5.41) is 2.90. The third-order valence-corrected chi connectivity index (χ3v) is 2.56. The molecule has 1 N–H and O–H groups in total. The van der Waals surface area contributed by atoms with Gasteiger partial charge in [-0.3, -0.25) is 4.79 Å². The summed E-state index contributed by atoms with van der Waals surface area (Å²) < 4.78 is 10.8. The van der Waals surface area contributed by atoms with Gasteiger partial charge in [0.05, 0.1) is 18.7 Å². The van der Waals surface area contributed by atoms with E-state index in [4.69, 9.17) is 21.1 Å². The molecule has 0 radical (unpaired) electrons. The molecule has 0 unspecified atom stereocenters. The fraction of sp³-hybridized carbons (Fsp3) is 0.462. The number of hydrogen-bond acceptors (Lipinski definition) is 3. The van der Waals surface area contributed by atoms with E-state index in [0.717, 1.165) is 0 Å². The van der Waals surface area contributed by atoms with Crippen molar-refractivity contribution in [3.05, 3.63) is 22.7 Å². The van der Waals surface area contributed by atoms with Gasteiger partial charge in [0.2, 0.25) is 0 Å². The lowest BCUT2D eigenvalue weighted by atomic mass is 10.2. The summed E-state index contributed by atoms with van der Waals surface area (Å²) >= 11 is 6.11. The number of ether oxygens (including phenoxy) is 2. The average molecular weight is 272 g/mol. The largest absolute Gasteiger partial charge is 0.493 e. The number of hydrogen-bond donors (Lipinski definition) is 1. The number of nitrogens with one attached hydrogen (secondary N) is 1. The predicted molar refractivity (Wildman–Crippen MR) is 71.7 cm³/mol. The molecular weight excluding hydrogens is 254 g/mol. The van der Waals surface area contributed by atoms with Crippen LogP contribution < -0.4 is 14.8 Å². The maximum absolute atomic E-state index is 11.5. The highest BCUT2D eigenvalue weighted by Gasteiger charge is 2.15. The Balaban J connectivity index is 3.07. The van der Waals surface area contributed by atoms with E-state index < -0.39 is 0 Å². The van der Waals surface area contributed by atoms with Gasteiger partial charge in [-0.05, 0) is 18.1 Å². The van der Waals surface area contributed by atoms with E-state index in [9.17, 15) is 4.79 Å². The summed E-state index contributed by atoms with van der Waals surface area (Å²) in [5.41, 5.74) is 0.441. The fourth-order valence-corrected chi connectivity index (χ4v) is 1.65. The van der Waals surface area contributed by atoms with Crippen molar-refractivity contribution in [1.82, 2.24) is 5.32 Å². The molecule has 5 heteroatoms. The Morgan fingerprint density at radius 1 is 1.44 bits per heavy atom. The second kappa shape index (κ2) is 6.50. The molecule has 0 saturated carbocycles. The van der Waals surface area contributed by atoms with Gasteiger partial charge >= 0.3 is 0 Å². The third kappa shape index (κ3) is 3.53. The van der Waals surface area contributed by atoms with Crippen LogP contribution in [0.25, 0.3) is 0 Å². The molecule has 0 atom stereocenters. The zero-order valence-corrected chi connectivity index (χ0v) is 11.8. The predicted octanol–water partition coefficient (Wildman–Crippen LogP) is 2.74. The van der Waals surface area contributed by atoms with Crippen molar-refractivity contribution in [2.75, 3.05) is 20.8 Å². The van der Waals surface area contributed by atoms with Gasteiger partial charge in [-0.2, -0.15) is 0 Å². The number of amides is 1. The maximum atomic E-state index is 11.5. The van der Waals surface area contributed by atoms with Crippen LogP contribution in [0.5, 0.6) is 11.5 Å². The molecule has 18 heavy (non-hydrogen) atoms. The molecule has 0 aromatic heterocycles. The van der Waals surface area contributed by atoms with Crippen LogP contribution in [0.3, 0.4) is 0 Å². The Hall–Kier alpha value is -1.42. The second-order valence-electron chi connectivity index (χ2n) is 4.27. The summed E-state index contributed by atoms with van der Waals surface area (Å²) in [6.07, 6.45) is 0. The number of carbonyl (C=O) groups is 1. The summed E-state index contributed by atoms with van der Waals surface area (Å²) in [4.78, 5) is 11.5. The van der Waals surface area contributed by atoms with Crippen molar-refractivity contribution in [3.63, 3.8) is 0 Å². The van der Waals surface area contributed by atoms with Gasteiger partial charge in [-0.15, -0.1) is 0 Å². The first-order chi connectivity index (χ1) is 8.49. The Kier molecular flexibility index (Phi) is 5.28. The molecule has 1 rings (SSSR count). The molecule has 0 aliphatic heterocycles. The molecule has 0 bridgehead atoms. The first kappa shape index (κ1) is 14.6. The number of halogens is 1. The molecular formula is C13H18ClNO3. The molecule has 0 heterocycles. The highest BCUT2D eigenvalue weighted by Crippen LogP contribution is 2.36. The smallest absolute Gasteiger partial charge is 0.251 e. The van der Waals surface area contributed by atoms with E-state index in [1.54, 1.807) is 19.2 Å². The average Bonchev–Trinajstić information content (AvgIpc) is 2.35. The number of carbonyl (C=O) groups excluding carboxylic acids is 1. The van der Waals surface area contributed by atoms with E-state index in [1.807, 2.05) is 13.8 Å². The quantitative estimate of drug-likeness (QED) is 0.896. The summed E-state index contributed by atoms with van der Waals surface area (Å²) in [6, 6.07) is 3.18. The van der Waals surface area contributed by atoms with Crippen LogP contribution in [0.2, 0.25) is 5.02 Å². The molecule has 0 fully saturated rings.